The summed E-state index contributed by atoms with van der Waals surface area (Å²) in [5.74, 6) is 1.85. The Kier molecular flexibility index (Phi) is 1.28. The molecule has 2 unspecified atom stereocenters. The zero-order valence-corrected chi connectivity index (χ0v) is 7.32. The highest BCUT2D eigenvalue weighted by Crippen LogP contribution is 2.45. The summed E-state index contributed by atoms with van der Waals surface area (Å²) in [6.45, 7) is 3.21. The van der Waals surface area contributed by atoms with Crippen LogP contribution in [0.15, 0.2) is 0 Å². The lowest BCUT2D eigenvalue weighted by Crippen LogP contribution is -2.69. The van der Waals surface area contributed by atoms with Crippen molar-refractivity contribution in [2.45, 2.75) is 18.9 Å². The quantitative estimate of drug-likeness (QED) is 0.496. The Balaban J connectivity index is 1.95. The molecule has 65 valence electrons. The molecule has 4 fully saturated rings. The molecule has 3 heteroatoms. The van der Waals surface area contributed by atoms with E-state index in [0.717, 1.165) is 23.4 Å². The predicted octanol–water partition coefficient (Wildman–Crippen LogP) is -0.0828. The Labute approximate surface area is 74.6 Å². The van der Waals surface area contributed by atoms with Crippen LogP contribution in [0.25, 0.3) is 0 Å². The van der Waals surface area contributed by atoms with Gasteiger partial charge in [0.05, 0.1) is 6.10 Å². The lowest BCUT2D eigenvalue weighted by molar-refractivity contribution is -0.852. The van der Waals surface area contributed by atoms with Crippen LogP contribution in [0.5, 0.6) is 0 Å². The number of quaternary nitrogens is 1. The van der Waals surface area contributed by atoms with E-state index in [1.165, 1.54) is 19.4 Å². The van der Waals surface area contributed by atoms with Crippen molar-refractivity contribution in [3.63, 3.8) is 0 Å². The van der Waals surface area contributed by atoms with E-state index in [2.05, 4.69) is 0 Å². The monoisotopic (exact) mass is 164 g/mol. The second-order valence-corrected chi connectivity index (χ2v) is 5.11. The van der Waals surface area contributed by atoms with Gasteiger partial charge in [-0.05, 0) is 12.8 Å². The van der Waals surface area contributed by atoms with Crippen LogP contribution in [-0.2, 0) is 0 Å². The van der Waals surface area contributed by atoms with Crippen molar-refractivity contribution in [1.82, 2.24) is 0 Å². The Bertz CT molecular complexity index is 205. The average Bonchev–Trinajstić information content (AvgIpc) is 1.96. The van der Waals surface area contributed by atoms with Crippen LogP contribution < -0.4 is 0 Å². The number of rotatable bonds is 0. The molecule has 3 heterocycles. The van der Waals surface area contributed by atoms with Crippen molar-refractivity contribution in [2.75, 3.05) is 19.6 Å². The summed E-state index contributed by atoms with van der Waals surface area (Å²) in [5, 5.41) is 9.88. The largest absolute Gasteiger partial charge is 0.587 e. The molecule has 3 saturated heterocycles. The molecular formula is C9H15BNO. The minimum atomic E-state index is -0.0312. The molecule has 0 amide bonds. The first-order valence-corrected chi connectivity index (χ1v) is 4.99. The fraction of sp³-hybridized carbons (Fsp3) is 1.00. The van der Waals surface area contributed by atoms with Gasteiger partial charge in [0.15, 0.2) is 0 Å². The number of hydrogen-bond acceptors (Lipinski definition) is 1. The topological polar surface area (TPSA) is 20.2 Å². The minimum absolute atomic E-state index is 0.0312. The number of nitrogens with zero attached hydrogens (tertiary/aromatic N) is 1. The molecule has 4 bridgehead atoms. The first kappa shape index (κ1) is 7.39. The molecule has 2 atom stereocenters. The van der Waals surface area contributed by atoms with Crippen LogP contribution in [0.4, 0.5) is 0 Å². The van der Waals surface area contributed by atoms with Crippen LogP contribution >= 0.6 is 0 Å². The lowest BCUT2D eigenvalue weighted by atomic mass is 9.64. The number of aliphatic hydroxyl groups excluding tert-OH is 1. The summed E-state index contributed by atoms with van der Waals surface area (Å²) in [6, 6.07) is 0. The summed E-state index contributed by atoms with van der Waals surface area (Å²) >= 11 is 0. The van der Waals surface area contributed by atoms with E-state index in [1.807, 2.05) is 0 Å². The third-order valence-corrected chi connectivity index (χ3v) is 4.06. The second kappa shape index (κ2) is 2.07. The molecule has 0 spiro atoms. The number of aliphatic hydroxyl groups is 1. The van der Waals surface area contributed by atoms with Crippen molar-refractivity contribution in [2.24, 2.45) is 17.8 Å². The van der Waals surface area contributed by atoms with Gasteiger partial charge < -0.3 is 9.50 Å². The third-order valence-electron chi connectivity index (χ3n) is 4.06. The van der Waals surface area contributed by atoms with Gasteiger partial charge in [-0.25, -0.2) is 7.98 Å². The highest BCUT2D eigenvalue weighted by atomic mass is 16.3. The van der Waals surface area contributed by atoms with Crippen molar-refractivity contribution >= 4 is 7.98 Å². The molecule has 0 aromatic rings. The smallest absolute Gasteiger partial charge is 0.0700 e. The van der Waals surface area contributed by atoms with E-state index in [9.17, 15) is 5.11 Å². The van der Waals surface area contributed by atoms with E-state index in [0.29, 0.717) is 11.8 Å². The number of piperidine rings is 3. The van der Waals surface area contributed by atoms with Gasteiger partial charge >= 0.3 is 0 Å². The molecule has 2 nitrogen and oxygen atoms in total. The SMILES string of the molecule is [B-][N+]12CC3CC(C1)C(O)C(C3)C2. The van der Waals surface area contributed by atoms with Crippen molar-refractivity contribution < 1.29 is 9.50 Å². The van der Waals surface area contributed by atoms with E-state index >= 15 is 0 Å². The summed E-state index contributed by atoms with van der Waals surface area (Å²) in [7, 11) is 6.21. The summed E-state index contributed by atoms with van der Waals surface area (Å²) in [6.07, 6.45) is 2.43. The first-order chi connectivity index (χ1) is 5.66. The molecule has 1 saturated carbocycles. The van der Waals surface area contributed by atoms with Crippen LogP contribution in [0.2, 0.25) is 0 Å². The van der Waals surface area contributed by atoms with Gasteiger partial charge in [0.2, 0.25) is 0 Å². The van der Waals surface area contributed by atoms with Gasteiger partial charge in [0, 0.05) is 37.4 Å². The van der Waals surface area contributed by atoms with E-state index in [-0.39, 0.29) is 6.10 Å². The van der Waals surface area contributed by atoms with Gasteiger partial charge in [0.1, 0.15) is 0 Å². The maximum atomic E-state index is 9.88. The molecule has 3 aliphatic heterocycles. The first-order valence-electron chi connectivity index (χ1n) is 4.99. The van der Waals surface area contributed by atoms with Crippen molar-refractivity contribution in [3.05, 3.63) is 0 Å². The third kappa shape index (κ3) is 0.840. The molecule has 1 aliphatic carbocycles. The molecule has 4 rings (SSSR count). The molecule has 0 aromatic carbocycles. The molecule has 12 heavy (non-hydrogen) atoms. The Hall–Kier alpha value is -0.0151. The van der Waals surface area contributed by atoms with E-state index in [4.69, 9.17) is 7.98 Å². The van der Waals surface area contributed by atoms with Crippen LogP contribution in [0.1, 0.15) is 12.8 Å². The highest BCUT2D eigenvalue weighted by Gasteiger charge is 2.49. The summed E-state index contributed by atoms with van der Waals surface area (Å²) in [5.41, 5.74) is 0. The van der Waals surface area contributed by atoms with Gasteiger partial charge in [0.25, 0.3) is 0 Å². The second-order valence-electron chi connectivity index (χ2n) is 5.11. The fourth-order valence-electron chi connectivity index (χ4n) is 3.80. The van der Waals surface area contributed by atoms with Gasteiger partial charge in [-0.15, -0.1) is 0 Å². The Morgan fingerprint density at radius 2 is 1.67 bits per heavy atom. The normalized spacial score (nSPS) is 62.5. The Morgan fingerprint density at radius 3 is 2.17 bits per heavy atom. The Morgan fingerprint density at radius 1 is 1.08 bits per heavy atom. The molecule has 0 aromatic heterocycles. The molecular weight excluding hydrogens is 149 g/mol. The zero-order valence-electron chi connectivity index (χ0n) is 7.32. The fourth-order valence-corrected chi connectivity index (χ4v) is 3.80. The summed E-state index contributed by atoms with van der Waals surface area (Å²) in [4.78, 5) is 0. The number of hydrogen-bond donors (Lipinski definition) is 1. The van der Waals surface area contributed by atoms with Gasteiger partial charge in [-0.1, -0.05) is 0 Å². The predicted molar refractivity (Wildman–Crippen MR) is 46.3 cm³/mol. The van der Waals surface area contributed by atoms with Gasteiger partial charge in [-0.3, -0.25) is 0 Å². The van der Waals surface area contributed by atoms with Crippen molar-refractivity contribution in [3.8, 4) is 0 Å². The molecule has 3 radical (unpaired) electrons. The zero-order chi connectivity index (χ0) is 8.34. The van der Waals surface area contributed by atoms with Crippen LogP contribution in [0.3, 0.4) is 0 Å². The van der Waals surface area contributed by atoms with Crippen LogP contribution in [-0.4, -0.2) is 43.2 Å². The average molecular weight is 164 g/mol. The lowest BCUT2D eigenvalue weighted by Gasteiger charge is -2.67. The maximum Gasteiger partial charge on any atom is 0.0700 e. The summed E-state index contributed by atoms with van der Waals surface area (Å²) < 4.78 is 0.761. The molecule has 1 N–H and O–H groups in total. The maximum absolute atomic E-state index is 9.88. The van der Waals surface area contributed by atoms with Gasteiger partial charge in [-0.2, -0.15) is 0 Å². The van der Waals surface area contributed by atoms with Crippen molar-refractivity contribution in [1.29, 1.82) is 0 Å². The van der Waals surface area contributed by atoms with E-state index in [1.54, 1.807) is 0 Å². The van der Waals surface area contributed by atoms with Crippen LogP contribution in [0, 0.1) is 17.8 Å². The molecule has 4 aliphatic rings. The standard InChI is InChI=1S/C9H15BNO/c10-11-3-6-1-7(4-11)9(12)8(2-6)5-11/h6-9,12H,1-5H2. The highest BCUT2D eigenvalue weighted by molar-refractivity contribution is 5.97. The minimum Gasteiger partial charge on any atom is -0.587 e. The van der Waals surface area contributed by atoms with E-state index < -0.39 is 0 Å².